The van der Waals surface area contributed by atoms with Crippen LogP contribution < -0.4 is 4.72 Å². The van der Waals surface area contributed by atoms with Crippen LogP contribution in [0, 0.1) is 0 Å². The third-order valence-corrected chi connectivity index (χ3v) is 5.64. The summed E-state index contributed by atoms with van der Waals surface area (Å²) in [4.78, 5) is 16.5. The Balaban J connectivity index is 1.44. The summed E-state index contributed by atoms with van der Waals surface area (Å²) >= 11 is 0. The molecule has 0 aromatic heterocycles. The van der Waals surface area contributed by atoms with Crippen molar-refractivity contribution < 1.29 is 13.2 Å². The van der Waals surface area contributed by atoms with Gasteiger partial charge >= 0.3 is 0 Å². The Morgan fingerprint density at radius 3 is 2.25 bits per heavy atom. The second kappa shape index (κ2) is 7.21. The molecule has 0 radical (unpaired) electrons. The number of hydrogen-bond acceptors (Lipinski definition) is 4. The first-order valence-corrected chi connectivity index (χ1v) is 10.3. The van der Waals surface area contributed by atoms with E-state index in [1.165, 1.54) is 11.1 Å². The minimum absolute atomic E-state index is 0.0282. The number of carbonyl (C=O) groups excluding carboxylic acids is 1. The van der Waals surface area contributed by atoms with E-state index in [2.05, 4.69) is 33.9 Å². The van der Waals surface area contributed by atoms with E-state index < -0.39 is 10.0 Å². The summed E-state index contributed by atoms with van der Waals surface area (Å²) in [6.45, 7) is 3.42. The smallest absolute Gasteiger partial charge is 0.223 e. The molecule has 2 aliphatic rings. The number of benzene rings is 1. The van der Waals surface area contributed by atoms with Gasteiger partial charge in [-0.2, -0.15) is 0 Å². The monoisotopic (exact) mass is 351 g/mol. The highest BCUT2D eigenvalue weighted by Crippen LogP contribution is 2.26. The van der Waals surface area contributed by atoms with E-state index in [4.69, 9.17) is 0 Å². The Morgan fingerprint density at radius 1 is 1.12 bits per heavy atom. The quantitative estimate of drug-likeness (QED) is 0.825. The number of fused-ring (bicyclic) bond motifs is 1. The standard InChI is InChI=1S/C17H25N3O3S/c1-24(22,23)18-7-6-17(21)20-10-8-19(9-11-20)16-12-14-4-2-3-5-15(14)13-16/h2-5,16,18H,6-13H2,1H3. The molecule has 1 fully saturated rings. The maximum Gasteiger partial charge on any atom is 0.223 e. The summed E-state index contributed by atoms with van der Waals surface area (Å²) in [6.07, 6.45) is 3.53. The van der Waals surface area contributed by atoms with E-state index in [1.54, 1.807) is 0 Å². The van der Waals surface area contributed by atoms with Gasteiger partial charge in [0, 0.05) is 45.2 Å². The molecule has 3 rings (SSSR count). The summed E-state index contributed by atoms with van der Waals surface area (Å²) in [5, 5.41) is 0. The number of carbonyl (C=O) groups is 1. The molecular weight excluding hydrogens is 326 g/mol. The third-order valence-electron chi connectivity index (χ3n) is 4.92. The van der Waals surface area contributed by atoms with E-state index >= 15 is 0 Å². The second-order valence-corrected chi connectivity index (χ2v) is 8.50. The third kappa shape index (κ3) is 4.34. The molecule has 0 atom stereocenters. The van der Waals surface area contributed by atoms with E-state index in [0.29, 0.717) is 6.04 Å². The van der Waals surface area contributed by atoms with Crippen molar-refractivity contribution in [2.45, 2.75) is 25.3 Å². The van der Waals surface area contributed by atoms with Crippen LogP contribution in [0.25, 0.3) is 0 Å². The first-order chi connectivity index (χ1) is 11.4. The van der Waals surface area contributed by atoms with Crippen molar-refractivity contribution in [2.75, 3.05) is 39.0 Å². The van der Waals surface area contributed by atoms with Crippen LogP contribution >= 0.6 is 0 Å². The summed E-state index contributed by atoms with van der Waals surface area (Å²) in [5.74, 6) is 0.0282. The van der Waals surface area contributed by atoms with E-state index in [9.17, 15) is 13.2 Å². The molecule has 0 unspecified atom stereocenters. The average Bonchev–Trinajstić information content (AvgIpc) is 2.98. The van der Waals surface area contributed by atoms with Gasteiger partial charge in [0.15, 0.2) is 0 Å². The molecule has 1 heterocycles. The summed E-state index contributed by atoms with van der Waals surface area (Å²) in [5.41, 5.74) is 2.90. The van der Waals surface area contributed by atoms with Gasteiger partial charge < -0.3 is 4.90 Å². The highest BCUT2D eigenvalue weighted by Gasteiger charge is 2.30. The predicted molar refractivity (Wildman–Crippen MR) is 93.3 cm³/mol. The Hall–Kier alpha value is -1.44. The fraction of sp³-hybridized carbons (Fsp3) is 0.588. The molecule has 24 heavy (non-hydrogen) atoms. The molecule has 0 saturated carbocycles. The lowest BCUT2D eigenvalue weighted by atomic mass is 10.1. The topological polar surface area (TPSA) is 69.7 Å². The summed E-state index contributed by atoms with van der Waals surface area (Å²) in [6, 6.07) is 9.17. The number of piperazine rings is 1. The van der Waals surface area contributed by atoms with E-state index in [1.807, 2.05) is 4.90 Å². The van der Waals surface area contributed by atoms with Crippen molar-refractivity contribution in [3.63, 3.8) is 0 Å². The van der Waals surface area contributed by atoms with Crippen molar-refractivity contribution >= 4 is 15.9 Å². The highest BCUT2D eigenvalue weighted by molar-refractivity contribution is 7.88. The summed E-state index contributed by atoms with van der Waals surface area (Å²) < 4.78 is 24.4. The lowest BCUT2D eigenvalue weighted by molar-refractivity contribution is -0.133. The number of amides is 1. The largest absolute Gasteiger partial charge is 0.340 e. The summed E-state index contributed by atoms with van der Waals surface area (Å²) in [7, 11) is -3.23. The van der Waals surface area contributed by atoms with Gasteiger partial charge in [-0.15, -0.1) is 0 Å². The Labute approximate surface area is 143 Å². The van der Waals surface area contributed by atoms with Crippen LogP contribution in [0.5, 0.6) is 0 Å². The van der Waals surface area contributed by atoms with Gasteiger partial charge in [-0.05, 0) is 24.0 Å². The normalized spacial score (nSPS) is 19.5. The molecule has 1 aromatic rings. The molecule has 7 heteroatoms. The first kappa shape index (κ1) is 17.4. The van der Waals surface area contributed by atoms with E-state index in [-0.39, 0.29) is 18.9 Å². The molecule has 1 N–H and O–H groups in total. The molecule has 1 aromatic carbocycles. The zero-order chi connectivity index (χ0) is 17.2. The SMILES string of the molecule is CS(=O)(=O)NCCC(=O)N1CCN(C2Cc3ccccc3C2)CC1. The fourth-order valence-electron chi connectivity index (χ4n) is 3.63. The molecule has 1 amide bonds. The number of sulfonamides is 1. The van der Waals surface area contributed by atoms with Crippen molar-refractivity contribution in [1.29, 1.82) is 0 Å². The number of nitrogens with one attached hydrogen (secondary N) is 1. The maximum atomic E-state index is 12.2. The Morgan fingerprint density at radius 2 is 1.71 bits per heavy atom. The average molecular weight is 351 g/mol. The van der Waals surface area contributed by atoms with Crippen molar-refractivity contribution in [3.05, 3.63) is 35.4 Å². The van der Waals surface area contributed by atoms with Crippen LogP contribution in [0.3, 0.4) is 0 Å². The van der Waals surface area contributed by atoms with Crippen molar-refractivity contribution in [2.24, 2.45) is 0 Å². The van der Waals surface area contributed by atoms with Crippen LogP contribution in [0.4, 0.5) is 0 Å². The van der Waals surface area contributed by atoms with Crippen LogP contribution in [0.2, 0.25) is 0 Å². The Kier molecular flexibility index (Phi) is 5.22. The predicted octanol–water partition coefficient (Wildman–Crippen LogP) is 0.237. The maximum absolute atomic E-state index is 12.2. The zero-order valence-electron chi connectivity index (χ0n) is 14.1. The molecule has 1 aliphatic heterocycles. The molecular formula is C17H25N3O3S. The van der Waals surface area contributed by atoms with Gasteiger partial charge in [0.25, 0.3) is 0 Å². The van der Waals surface area contributed by atoms with Gasteiger partial charge in [0.1, 0.15) is 0 Å². The number of rotatable bonds is 5. The molecule has 132 valence electrons. The number of nitrogens with zero attached hydrogens (tertiary/aromatic N) is 2. The number of hydrogen-bond donors (Lipinski definition) is 1. The van der Waals surface area contributed by atoms with Gasteiger partial charge in [-0.1, -0.05) is 24.3 Å². The molecule has 0 spiro atoms. The Bertz CT molecular complexity index is 672. The minimum atomic E-state index is -3.23. The van der Waals surface area contributed by atoms with Crippen LogP contribution in [0.1, 0.15) is 17.5 Å². The van der Waals surface area contributed by atoms with Crippen LogP contribution in [-0.2, 0) is 27.7 Å². The van der Waals surface area contributed by atoms with Gasteiger partial charge in [0.05, 0.1) is 6.26 Å². The zero-order valence-corrected chi connectivity index (χ0v) is 14.9. The second-order valence-electron chi connectivity index (χ2n) is 6.66. The van der Waals surface area contributed by atoms with Crippen molar-refractivity contribution in [3.8, 4) is 0 Å². The highest BCUT2D eigenvalue weighted by atomic mass is 32.2. The van der Waals surface area contributed by atoms with Gasteiger partial charge in [-0.3, -0.25) is 9.69 Å². The minimum Gasteiger partial charge on any atom is -0.340 e. The fourth-order valence-corrected chi connectivity index (χ4v) is 4.10. The van der Waals surface area contributed by atoms with Gasteiger partial charge in [-0.25, -0.2) is 13.1 Å². The molecule has 0 bridgehead atoms. The van der Waals surface area contributed by atoms with Gasteiger partial charge in [0.2, 0.25) is 15.9 Å². The first-order valence-electron chi connectivity index (χ1n) is 8.45. The molecule has 1 aliphatic carbocycles. The van der Waals surface area contributed by atoms with Crippen LogP contribution in [0.15, 0.2) is 24.3 Å². The molecule has 1 saturated heterocycles. The van der Waals surface area contributed by atoms with Crippen LogP contribution in [-0.4, -0.2) is 69.1 Å². The van der Waals surface area contributed by atoms with E-state index in [0.717, 1.165) is 45.3 Å². The van der Waals surface area contributed by atoms with Crippen molar-refractivity contribution in [1.82, 2.24) is 14.5 Å². The lowest BCUT2D eigenvalue weighted by Gasteiger charge is -2.38. The lowest BCUT2D eigenvalue weighted by Crippen LogP contribution is -2.52. The molecule has 6 nitrogen and oxygen atoms in total.